The van der Waals surface area contributed by atoms with E-state index in [1.807, 2.05) is 20.9 Å². The average Bonchev–Trinajstić information content (AvgIpc) is 2.94. The second kappa shape index (κ2) is 10.2. The number of fused-ring (bicyclic) bond motifs is 3. The summed E-state index contributed by atoms with van der Waals surface area (Å²) in [5.41, 5.74) is -3.24. The number of ketones is 3. The molecule has 40 heavy (non-hydrogen) atoms. The Labute approximate surface area is 230 Å². The van der Waals surface area contributed by atoms with Gasteiger partial charge in [0.05, 0.1) is 36.0 Å². The first-order valence-electron chi connectivity index (χ1n) is 13.2. The molecular weight excluding hydrogens is 522 g/mol. The summed E-state index contributed by atoms with van der Waals surface area (Å²) in [6, 6.07) is 4.46. The zero-order chi connectivity index (χ0) is 29.1. The number of phenols is 2. The molecule has 1 saturated heterocycles. The number of hydrogen-bond donors (Lipinski definition) is 5. The van der Waals surface area contributed by atoms with E-state index in [1.54, 1.807) is 0 Å². The van der Waals surface area contributed by atoms with Gasteiger partial charge in [-0.3, -0.25) is 14.4 Å². The number of hydrogen-bond acceptors (Lipinski definition) is 11. The molecular formula is C29H33NO10. The number of methoxy groups -OCH3 is 1. The molecule has 214 valence electrons. The highest BCUT2D eigenvalue weighted by Crippen LogP contribution is 2.52. The van der Waals surface area contributed by atoms with Crippen molar-refractivity contribution in [3.63, 3.8) is 0 Å². The Morgan fingerprint density at radius 2 is 1.82 bits per heavy atom. The molecule has 0 spiro atoms. The van der Waals surface area contributed by atoms with Crippen molar-refractivity contribution in [1.29, 1.82) is 0 Å². The summed E-state index contributed by atoms with van der Waals surface area (Å²) in [6.07, 6.45) is -2.78. The number of benzene rings is 2. The predicted molar refractivity (Wildman–Crippen MR) is 140 cm³/mol. The van der Waals surface area contributed by atoms with Crippen LogP contribution in [0.4, 0.5) is 0 Å². The van der Waals surface area contributed by atoms with Crippen LogP contribution in [0.1, 0.15) is 75.8 Å². The molecule has 0 saturated carbocycles. The fourth-order valence-corrected chi connectivity index (χ4v) is 6.21. The number of ether oxygens (including phenoxy) is 3. The van der Waals surface area contributed by atoms with Crippen LogP contribution in [0.15, 0.2) is 18.2 Å². The number of aliphatic hydroxyl groups is 2. The van der Waals surface area contributed by atoms with E-state index in [-0.39, 0.29) is 52.5 Å². The monoisotopic (exact) mass is 555 g/mol. The van der Waals surface area contributed by atoms with Crippen molar-refractivity contribution in [2.24, 2.45) is 5.92 Å². The van der Waals surface area contributed by atoms with Gasteiger partial charge in [-0.05, 0) is 26.0 Å². The summed E-state index contributed by atoms with van der Waals surface area (Å²) in [5.74, 6) is -3.33. The first kappa shape index (κ1) is 28.2. The van der Waals surface area contributed by atoms with Gasteiger partial charge in [-0.25, -0.2) is 0 Å². The molecule has 0 aromatic heterocycles. The number of carbonyl (C=O) groups is 3. The van der Waals surface area contributed by atoms with Crippen LogP contribution in [-0.2, 0) is 20.7 Å². The minimum Gasteiger partial charge on any atom is -0.507 e. The van der Waals surface area contributed by atoms with E-state index in [9.17, 15) is 34.8 Å². The smallest absolute Gasteiger partial charge is 0.202 e. The first-order chi connectivity index (χ1) is 19.0. The zero-order valence-corrected chi connectivity index (χ0v) is 22.7. The lowest BCUT2D eigenvalue weighted by Crippen LogP contribution is -2.50. The minimum absolute atomic E-state index is 0.0171. The van der Waals surface area contributed by atoms with Crippen LogP contribution in [0.25, 0.3) is 0 Å². The van der Waals surface area contributed by atoms with Gasteiger partial charge >= 0.3 is 0 Å². The van der Waals surface area contributed by atoms with Crippen molar-refractivity contribution >= 4 is 17.3 Å². The number of aromatic hydroxyl groups is 2. The number of Topliss-reactive ketones (excluding diaryl/α,β-unsaturated/α-hetero) is 1. The van der Waals surface area contributed by atoms with Gasteiger partial charge in [0.25, 0.3) is 0 Å². The molecule has 1 heterocycles. The fourth-order valence-electron chi connectivity index (χ4n) is 6.21. The van der Waals surface area contributed by atoms with Gasteiger partial charge in [0.2, 0.25) is 5.78 Å². The van der Waals surface area contributed by atoms with Gasteiger partial charge in [-0.2, -0.15) is 0 Å². The number of nitrogens with one attached hydrogen (secondary N) is 1. The maximum atomic E-state index is 13.7. The largest absolute Gasteiger partial charge is 0.507 e. The zero-order valence-electron chi connectivity index (χ0n) is 22.7. The molecule has 2 aromatic rings. The lowest BCUT2D eigenvalue weighted by Gasteiger charge is -2.43. The SMILES string of the molecule is CNC1CC(OC2CC(O)(C(=O)CO)Cc3c(O)c4c(c(O)c32)C(=O)c2c(OC)cccc2C4=O)OC(C)C1C. The topological polar surface area (TPSA) is 172 Å². The number of phenolic OH excluding ortho intramolecular Hbond substituents is 2. The van der Waals surface area contributed by atoms with E-state index in [2.05, 4.69) is 5.32 Å². The number of rotatable bonds is 6. The van der Waals surface area contributed by atoms with Gasteiger partial charge in [-0.1, -0.05) is 19.1 Å². The molecule has 1 aliphatic heterocycles. The Bertz CT molecular complexity index is 1400. The summed E-state index contributed by atoms with van der Waals surface area (Å²) in [7, 11) is 3.16. The summed E-state index contributed by atoms with van der Waals surface area (Å²) in [4.78, 5) is 40.0. The van der Waals surface area contributed by atoms with Crippen molar-refractivity contribution in [1.82, 2.24) is 5.32 Å². The van der Waals surface area contributed by atoms with Crippen molar-refractivity contribution in [2.45, 2.75) is 63.3 Å². The first-order valence-corrected chi connectivity index (χ1v) is 13.2. The van der Waals surface area contributed by atoms with Crippen molar-refractivity contribution in [3.05, 3.63) is 51.6 Å². The third-order valence-electron chi connectivity index (χ3n) is 8.61. The molecule has 2 aliphatic carbocycles. The van der Waals surface area contributed by atoms with E-state index in [4.69, 9.17) is 14.2 Å². The minimum atomic E-state index is -2.18. The van der Waals surface area contributed by atoms with Crippen LogP contribution in [-0.4, -0.2) is 82.6 Å². The van der Waals surface area contributed by atoms with Gasteiger partial charge in [0.15, 0.2) is 17.9 Å². The van der Waals surface area contributed by atoms with E-state index in [0.717, 1.165) is 0 Å². The molecule has 0 bridgehead atoms. The predicted octanol–water partition coefficient (Wildman–Crippen LogP) is 1.54. The standard InChI is InChI=1S/C29H33NO10/c1-12-13(2)39-20(8-16(12)30-3)40-18-10-29(37,19(32)11-31)9-15-22(18)28(36)24-23(26(15)34)25(33)14-6-5-7-17(38-4)21(14)27(24)35/h5-7,12-13,16,18,20,30-31,34,36-37H,8-11H2,1-4H3. The highest BCUT2D eigenvalue weighted by molar-refractivity contribution is 6.31. The van der Waals surface area contributed by atoms with Crippen LogP contribution >= 0.6 is 0 Å². The van der Waals surface area contributed by atoms with Gasteiger partial charge in [0, 0.05) is 42.0 Å². The molecule has 0 radical (unpaired) electrons. The summed E-state index contributed by atoms with van der Waals surface area (Å²) < 4.78 is 17.6. The van der Waals surface area contributed by atoms with E-state index < -0.39 is 71.0 Å². The molecule has 3 aliphatic rings. The van der Waals surface area contributed by atoms with E-state index in [1.165, 1.54) is 25.3 Å². The lowest BCUT2D eigenvalue weighted by atomic mass is 9.72. The molecule has 5 rings (SSSR count). The summed E-state index contributed by atoms with van der Waals surface area (Å²) in [5, 5.41) is 47.1. The number of carbonyl (C=O) groups excluding carboxylic acids is 3. The highest BCUT2D eigenvalue weighted by Gasteiger charge is 2.50. The second-order valence-corrected chi connectivity index (χ2v) is 10.8. The van der Waals surface area contributed by atoms with Gasteiger partial charge < -0.3 is 40.0 Å². The third kappa shape index (κ3) is 4.20. The normalized spacial score (nSPS) is 29.4. The molecule has 5 N–H and O–H groups in total. The fraction of sp³-hybridized carbons (Fsp3) is 0.483. The molecule has 6 atom stereocenters. The maximum Gasteiger partial charge on any atom is 0.202 e. The average molecular weight is 556 g/mol. The van der Waals surface area contributed by atoms with Gasteiger partial charge in [0.1, 0.15) is 29.5 Å². The maximum absolute atomic E-state index is 13.7. The number of aliphatic hydroxyl groups excluding tert-OH is 1. The molecule has 1 fully saturated rings. The Morgan fingerprint density at radius 3 is 2.48 bits per heavy atom. The molecule has 11 heteroatoms. The molecule has 11 nitrogen and oxygen atoms in total. The molecule has 0 amide bonds. The Hall–Kier alpha value is -3.35. The summed E-state index contributed by atoms with van der Waals surface area (Å²) >= 11 is 0. The molecule has 6 unspecified atom stereocenters. The quantitative estimate of drug-likeness (QED) is 0.279. The van der Waals surface area contributed by atoms with Crippen molar-refractivity contribution < 1.29 is 49.0 Å². The lowest BCUT2D eigenvalue weighted by molar-refractivity contribution is -0.238. The van der Waals surface area contributed by atoms with Crippen LogP contribution in [0.3, 0.4) is 0 Å². The van der Waals surface area contributed by atoms with E-state index in [0.29, 0.717) is 6.42 Å². The van der Waals surface area contributed by atoms with Crippen LogP contribution in [0, 0.1) is 5.92 Å². The third-order valence-corrected chi connectivity index (χ3v) is 8.61. The molecule has 2 aromatic carbocycles. The van der Waals surface area contributed by atoms with E-state index >= 15 is 0 Å². The van der Waals surface area contributed by atoms with Crippen LogP contribution in [0.5, 0.6) is 17.2 Å². The van der Waals surface area contributed by atoms with Crippen molar-refractivity contribution in [3.8, 4) is 17.2 Å². The Balaban J connectivity index is 1.68. The van der Waals surface area contributed by atoms with Crippen molar-refractivity contribution in [2.75, 3.05) is 20.8 Å². The Kier molecular flexibility index (Phi) is 7.22. The highest BCUT2D eigenvalue weighted by atomic mass is 16.7. The van der Waals surface area contributed by atoms with Gasteiger partial charge in [-0.15, -0.1) is 0 Å². The second-order valence-electron chi connectivity index (χ2n) is 10.8. The van der Waals surface area contributed by atoms with Crippen LogP contribution in [0.2, 0.25) is 0 Å². The van der Waals surface area contributed by atoms with Crippen LogP contribution < -0.4 is 10.1 Å². The Morgan fingerprint density at radius 1 is 1.12 bits per heavy atom. The summed E-state index contributed by atoms with van der Waals surface area (Å²) in [6.45, 7) is 2.94.